The van der Waals surface area contributed by atoms with Gasteiger partial charge < -0.3 is 5.32 Å². The van der Waals surface area contributed by atoms with Crippen molar-refractivity contribution in [3.63, 3.8) is 0 Å². The quantitative estimate of drug-likeness (QED) is 0.867. The largest absolute Gasteiger partial charge is 0.383 e. The van der Waals surface area contributed by atoms with Crippen LogP contribution in [0.25, 0.3) is 0 Å². The first-order chi connectivity index (χ1) is 8.19. The molecule has 0 unspecified atom stereocenters. The zero-order chi connectivity index (χ0) is 12.3. The van der Waals surface area contributed by atoms with Crippen LogP contribution in [0.1, 0.15) is 38.2 Å². The van der Waals surface area contributed by atoms with E-state index in [4.69, 9.17) is 16.9 Å². The summed E-state index contributed by atoms with van der Waals surface area (Å²) < 4.78 is 0. The highest BCUT2D eigenvalue weighted by Crippen LogP contribution is 2.43. The number of hydrogen-bond acceptors (Lipinski definition) is 2. The van der Waals surface area contributed by atoms with Gasteiger partial charge in [0.1, 0.15) is 6.07 Å². The van der Waals surface area contributed by atoms with Crippen molar-refractivity contribution < 1.29 is 0 Å². The smallest absolute Gasteiger partial charge is 0.101 e. The van der Waals surface area contributed by atoms with E-state index in [0.717, 1.165) is 12.2 Å². The van der Waals surface area contributed by atoms with Crippen molar-refractivity contribution in [1.29, 1.82) is 5.26 Å². The molecule has 0 heterocycles. The molecule has 0 spiro atoms. The summed E-state index contributed by atoms with van der Waals surface area (Å²) in [5.41, 5.74) is 1.97. The summed E-state index contributed by atoms with van der Waals surface area (Å²) in [4.78, 5) is 0. The number of nitrogens with one attached hydrogen (secondary N) is 1. The van der Waals surface area contributed by atoms with Crippen LogP contribution in [0.15, 0.2) is 18.2 Å². The van der Waals surface area contributed by atoms with Crippen LogP contribution in [0.3, 0.4) is 0 Å². The van der Waals surface area contributed by atoms with Crippen molar-refractivity contribution in [2.45, 2.75) is 32.6 Å². The Labute approximate surface area is 108 Å². The molecule has 0 aromatic heterocycles. The summed E-state index contributed by atoms with van der Waals surface area (Å²) in [5.74, 6) is 0. The molecule has 1 fully saturated rings. The summed E-state index contributed by atoms with van der Waals surface area (Å²) in [6.07, 6.45) is 5.11. The van der Waals surface area contributed by atoms with Crippen molar-refractivity contribution in [1.82, 2.24) is 0 Å². The molecule has 0 bridgehead atoms. The first-order valence-electron chi connectivity index (χ1n) is 6.13. The van der Waals surface area contributed by atoms with E-state index in [0.29, 0.717) is 16.0 Å². The lowest BCUT2D eigenvalue weighted by Crippen LogP contribution is -2.35. The normalized spacial score (nSPS) is 17.0. The van der Waals surface area contributed by atoms with E-state index in [-0.39, 0.29) is 0 Å². The zero-order valence-electron chi connectivity index (χ0n) is 10.1. The van der Waals surface area contributed by atoms with Gasteiger partial charge in [0.25, 0.3) is 0 Å². The van der Waals surface area contributed by atoms with Crippen LogP contribution < -0.4 is 5.32 Å². The molecule has 2 nitrogen and oxygen atoms in total. The predicted octanol–water partition coefficient (Wildman–Crippen LogP) is 4.20. The molecule has 1 saturated carbocycles. The molecular weight excluding hydrogens is 232 g/mol. The molecule has 0 radical (unpaired) electrons. The Morgan fingerprint density at radius 1 is 1.47 bits per heavy atom. The number of halogens is 1. The van der Waals surface area contributed by atoms with E-state index < -0.39 is 0 Å². The monoisotopic (exact) mass is 248 g/mol. The van der Waals surface area contributed by atoms with Crippen LogP contribution in [-0.4, -0.2) is 6.54 Å². The van der Waals surface area contributed by atoms with Gasteiger partial charge in [0.15, 0.2) is 0 Å². The highest BCUT2D eigenvalue weighted by atomic mass is 35.5. The molecule has 1 aromatic carbocycles. The lowest BCUT2D eigenvalue weighted by molar-refractivity contribution is 0.145. The number of nitriles is 1. The van der Waals surface area contributed by atoms with Gasteiger partial charge in [-0.15, -0.1) is 0 Å². The lowest BCUT2D eigenvalue weighted by atomic mass is 9.67. The molecule has 1 aliphatic rings. The molecule has 3 heteroatoms. The Kier molecular flexibility index (Phi) is 3.59. The second kappa shape index (κ2) is 4.98. The summed E-state index contributed by atoms with van der Waals surface area (Å²) in [5, 5.41) is 13.1. The molecule has 0 atom stereocenters. The highest BCUT2D eigenvalue weighted by Gasteiger charge is 2.34. The van der Waals surface area contributed by atoms with Crippen LogP contribution in [0.4, 0.5) is 5.69 Å². The Bertz CT molecular complexity index is 439. The maximum atomic E-state index is 9.03. The van der Waals surface area contributed by atoms with Gasteiger partial charge in [-0.1, -0.05) is 24.9 Å². The standard InChI is InChI=1S/C14H17ClN2/c1-2-14(6-3-7-14)10-17-13-8-12(15)5-4-11(13)9-16/h4-5,8,17H,2-3,6-7,10H2,1H3. The van der Waals surface area contributed by atoms with E-state index in [1.54, 1.807) is 12.1 Å². The summed E-state index contributed by atoms with van der Waals surface area (Å²) >= 11 is 5.96. The Balaban J connectivity index is 2.08. The Morgan fingerprint density at radius 2 is 2.24 bits per heavy atom. The maximum Gasteiger partial charge on any atom is 0.101 e. The lowest BCUT2D eigenvalue weighted by Gasteiger charge is -2.41. The van der Waals surface area contributed by atoms with Crippen LogP contribution in [-0.2, 0) is 0 Å². The highest BCUT2D eigenvalue weighted by molar-refractivity contribution is 6.30. The van der Waals surface area contributed by atoms with Gasteiger partial charge in [0, 0.05) is 11.6 Å². The predicted molar refractivity (Wildman–Crippen MR) is 71.2 cm³/mol. The van der Waals surface area contributed by atoms with Crippen LogP contribution >= 0.6 is 11.6 Å². The van der Waals surface area contributed by atoms with Crippen molar-refractivity contribution in [2.24, 2.45) is 5.41 Å². The average Bonchev–Trinajstić information content (AvgIpc) is 2.28. The Morgan fingerprint density at radius 3 is 2.76 bits per heavy atom. The minimum Gasteiger partial charge on any atom is -0.383 e. The summed E-state index contributed by atoms with van der Waals surface area (Å²) in [6, 6.07) is 7.55. The number of anilines is 1. The second-order valence-corrected chi connectivity index (χ2v) is 5.30. The number of benzene rings is 1. The Hall–Kier alpha value is -1.20. The fourth-order valence-electron chi connectivity index (χ4n) is 2.38. The maximum absolute atomic E-state index is 9.03. The molecule has 0 saturated heterocycles. The van der Waals surface area contributed by atoms with Crippen molar-refractivity contribution >= 4 is 17.3 Å². The van der Waals surface area contributed by atoms with Gasteiger partial charge in [-0.3, -0.25) is 0 Å². The van der Waals surface area contributed by atoms with E-state index >= 15 is 0 Å². The van der Waals surface area contributed by atoms with E-state index in [1.165, 1.54) is 25.7 Å². The first kappa shape index (κ1) is 12.3. The molecule has 1 aliphatic carbocycles. The molecule has 2 rings (SSSR count). The van der Waals surface area contributed by atoms with Gasteiger partial charge in [-0.05, 0) is 42.9 Å². The average molecular weight is 249 g/mol. The molecule has 90 valence electrons. The zero-order valence-corrected chi connectivity index (χ0v) is 10.8. The molecule has 1 N–H and O–H groups in total. The number of hydrogen-bond donors (Lipinski definition) is 1. The van der Waals surface area contributed by atoms with Crippen LogP contribution in [0.5, 0.6) is 0 Å². The minimum atomic E-state index is 0.440. The number of rotatable bonds is 4. The topological polar surface area (TPSA) is 35.8 Å². The second-order valence-electron chi connectivity index (χ2n) is 4.86. The van der Waals surface area contributed by atoms with Gasteiger partial charge in [-0.2, -0.15) is 5.26 Å². The third kappa shape index (κ3) is 2.56. The van der Waals surface area contributed by atoms with Crippen LogP contribution in [0, 0.1) is 16.7 Å². The summed E-state index contributed by atoms with van der Waals surface area (Å²) in [6.45, 7) is 3.18. The van der Waals surface area contributed by atoms with E-state index in [1.807, 2.05) is 6.07 Å². The fraction of sp³-hybridized carbons (Fsp3) is 0.500. The summed E-state index contributed by atoms with van der Waals surface area (Å²) in [7, 11) is 0. The van der Waals surface area contributed by atoms with Crippen LogP contribution in [0.2, 0.25) is 5.02 Å². The van der Waals surface area contributed by atoms with Gasteiger partial charge >= 0.3 is 0 Å². The van der Waals surface area contributed by atoms with Crippen molar-refractivity contribution in [3.8, 4) is 6.07 Å². The minimum absolute atomic E-state index is 0.440. The third-order valence-corrected chi connectivity index (χ3v) is 4.16. The van der Waals surface area contributed by atoms with Crippen molar-refractivity contribution in [2.75, 3.05) is 11.9 Å². The van der Waals surface area contributed by atoms with Gasteiger partial charge in [0.2, 0.25) is 0 Å². The molecule has 0 aliphatic heterocycles. The SMILES string of the molecule is CCC1(CNc2cc(Cl)ccc2C#N)CCC1. The molecule has 0 amide bonds. The van der Waals surface area contributed by atoms with E-state index in [9.17, 15) is 0 Å². The fourth-order valence-corrected chi connectivity index (χ4v) is 2.55. The number of nitrogens with zero attached hydrogens (tertiary/aromatic N) is 1. The third-order valence-electron chi connectivity index (χ3n) is 3.92. The molecule has 17 heavy (non-hydrogen) atoms. The van der Waals surface area contributed by atoms with Gasteiger partial charge in [-0.25, -0.2) is 0 Å². The first-order valence-corrected chi connectivity index (χ1v) is 6.50. The van der Waals surface area contributed by atoms with Crippen molar-refractivity contribution in [3.05, 3.63) is 28.8 Å². The van der Waals surface area contributed by atoms with E-state index in [2.05, 4.69) is 18.3 Å². The van der Waals surface area contributed by atoms with Gasteiger partial charge in [0.05, 0.1) is 11.3 Å². The molecular formula is C14H17ClN2. The molecule has 1 aromatic rings.